The van der Waals surface area contributed by atoms with Crippen LogP contribution in [0.5, 0.6) is 0 Å². The van der Waals surface area contributed by atoms with Crippen molar-refractivity contribution in [2.45, 2.75) is 64.1 Å². The van der Waals surface area contributed by atoms with Crippen LogP contribution in [0, 0.1) is 0 Å². The van der Waals surface area contributed by atoms with Crippen LogP contribution in [-0.4, -0.2) is 41.1 Å². The molecule has 4 rings (SSSR count). The van der Waals surface area contributed by atoms with Gasteiger partial charge in [-0.2, -0.15) is 0 Å². The maximum absolute atomic E-state index is 12.7. The molecule has 0 aromatic heterocycles. The average Bonchev–Trinajstić information content (AvgIpc) is 3.28. The van der Waals surface area contributed by atoms with E-state index in [9.17, 15) is 19.2 Å². The number of allylic oxidation sites excluding steroid dienone is 1. The lowest BCUT2D eigenvalue weighted by Gasteiger charge is -2.28. The Morgan fingerprint density at radius 1 is 1.15 bits per heavy atom. The molecule has 2 atom stereocenters. The van der Waals surface area contributed by atoms with E-state index < -0.39 is 11.6 Å². The Morgan fingerprint density at radius 2 is 1.90 bits per heavy atom. The monoisotopic (exact) mass is 530 g/mol. The zero-order valence-electron chi connectivity index (χ0n) is 22.0. The van der Waals surface area contributed by atoms with E-state index >= 15 is 0 Å². The minimum absolute atomic E-state index is 0.218. The highest BCUT2D eigenvalue weighted by atomic mass is 16.5. The Morgan fingerprint density at radius 3 is 2.56 bits per heavy atom. The van der Waals surface area contributed by atoms with Gasteiger partial charge in [-0.15, -0.1) is 0 Å². The Hall–Kier alpha value is -4.08. The number of nitrogens with two attached hydrogens (primary N) is 1. The number of amides is 3. The summed E-state index contributed by atoms with van der Waals surface area (Å²) in [5, 5.41) is 5.69. The minimum atomic E-state index is -0.630. The summed E-state index contributed by atoms with van der Waals surface area (Å²) in [5.74, 6) is -0.221. The molecule has 0 fully saturated rings. The molecule has 2 unspecified atom stereocenters. The van der Waals surface area contributed by atoms with Crippen LogP contribution >= 0.6 is 0 Å². The molecule has 1 aliphatic carbocycles. The molecule has 4 N–H and O–H groups in total. The van der Waals surface area contributed by atoms with Gasteiger partial charge in [0.2, 0.25) is 0 Å². The van der Waals surface area contributed by atoms with Crippen LogP contribution < -0.4 is 16.4 Å². The molecule has 39 heavy (non-hydrogen) atoms. The van der Waals surface area contributed by atoms with Crippen molar-refractivity contribution in [3.8, 4) is 0 Å². The number of nitrogens with zero attached hydrogens (tertiary/aromatic N) is 1. The van der Waals surface area contributed by atoms with E-state index in [1.807, 2.05) is 55.5 Å². The van der Waals surface area contributed by atoms with Gasteiger partial charge >= 0.3 is 6.03 Å². The fourth-order valence-corrected chi connectivity index (χ4v) is 4.60. The number of aldehydes is 2. The number of carbonyl (C=O) groups is 4. The van der Waals surface area contributed by atoms with Gasteiger partial charge in [0, 0.05) is 43.7 Å². The van der Waals surface area contributed by atoms with Gasteiger partial charge in [-0.25, -0.2) is 4.79 Å². The SMILES string of the molecule is CC1(OCc2ccc(CN)cc2)C=CC(NC(=O)NCc2ccc3c(c2)CN(C(C=O)CCC=O)C3=O)=CC1. The number of benzene rings is 2. The van der Waals surface area contributed by atoms with E-state index in [1.54, 1.807) is 12.1 Å². The van der Waals surface area contributed by atoms with Gasteiger partial charge in [-0.3, -0.25) is 4.79 Å². The summed E-state index contributed by atoms with van der Waals surface area (Å²) in [4.78, 5) is 48.9. The first-order chi connectivity index (χ1) is 18.8. The summed E-state index contributed by atoms with van der Waals surface area (Å²) < 4.78 is 6.13. The lowest BCUT2D eigenvalue weighted by atomic mass is 9.96. The number of urea groups is 1. The number of hydrogen-bond donors (Lipinski definition) is 3. The first kappa shape index (κ1) is 27.9. The zero-order chi connectivity index (χ0) is 27.8. The predicted molar refractivity (Wildman–Crippen MR) is 146 cm³/mol. The van der Waals surface area contributed by atoms with Gasteiger partial charge in [0.15, 0.2) is 0 Å². The number of hydrogen-bond acceptors (Lipinski definition) is 6. The first-order valence-electron chi connectivity index (χ1n) is 13.0. The molecule has 1 heterocycles. The van der Waals surface area contributed by atoms with Crippen LogP contribution in [0.15, 0.2) is 66.4 Å². The summed E-state index contributed by atoms with van der Waals surface area (Å²) in [7, 11) is 0. The van der Waals surface area contributed by atoms with E-state index in [1.165, 1.54) is 4.90 Å². The molecule has 1 aliphatic heterocycles. The smallest absolute Gasteiger partial charge is 0.319 e. The molecule has 204 valence electrons. The van der Waals surface area contributed by atoms with Crippen LogP contribution in [0.3, 0.4) is 0 Å². The Labute approximate surface area is 228 Å². The van der Waals surface area contributed by atoms with Crippen molar-refractivity contribution in [1.82, 2.24) is 15.5 Å². The molecule has 9 nitrogen and oxygen atoms in total. The molecule has 2 aliphatic rings. The van der Waals surface area contributed by atoms with Gasteiger partial charge in [-0.1, -0.05) is 48.6 Å². The molecule has 0 bridgehead atoms. The lowest BCUT2D eigenvalue weighted by Crippen LogP contribution is -2.36. The molecular weight excluding hydrogens is 496 g/mol. The highest BCUT2D eigenvalue weighted by molar-refractivity contribution is 5.99. The maximum atomic E-state index is 12.7. The third-order valence-electron chi connectivity index (χ3n) is 7.02. The van der Waals surface area contributed by atoms with E-state index in [0.717, 1.165) is 28.5 Å². The fourth-order valence-electron chi connectivity index (χ4n) is 4.60. The van der Waals surface area contributed by atoms with Gasteiger partial charge in [0.1, 0.15) is 12.6 Å². The second kappa shape index (κ2) is 12.6. The predicted octanol–water partition coefficient (Wildman–Crippen LogP) is 3.27. The standard InChI is InChI=1S/C30H34N4O5/c1-30(39-20-22-6-4-21(16-31)5-7-22)12-10-25(11-13-30)33-29(38)32-17-23-8-9-27-24(15-23)18-34(28(27)37)26(19-36)3-2-14-35/h4-12,14-15,19,26H,2-3,13,16-18,20,31H2,1H3,(H2,32,33,38). The van der Waals surface area contributed by atoms with Gasteiger partial charge in [-0.05, 0) is 47.7 Å². The Kier molecular flexibility index (Phi) is 9.06. The van der Waals surface area contributed by atoms with Crippen molar-refractivity contribution >= 4 is 24.5 Å². The number of rotatable bonds is 12. The van der Waals surface area contributed by atoms with Crippen molar-refractivity contribution in [1.29, 1.82) is 0 Å². The molecule has 9 heteroatoms. The van der Waals surface area contributed by atoms with Gasteiger partial charge in [0.05, 0.1) is 18.2 Å². The van der Waals surface area contributed by atoms with Crippen molar-refractivity contribution < 1.29 is 23.9 Å². The van der Waals surface area contributed by atoms with E-state index in [-0.39, 0.29) is 24.9 Å². The zero-order valence-corrected chi connectivity index (χ0v) is 22.0. The number of fused-ring (bicyclic) bond motifs is 1. The quantitative estimate of drug-likeness (QED) is 0.361. The van der Waals surface area contributed by atoms with Crippen LogP contribution in [0.2, 0.25) is 0 Å². The fraction of sp³-hybridized carbons (Fsp3) is 0.333. The van der Waals surface area contributed by atoms with E-state index in [2.05, 4.69) is 10.6 Å². The first-order valence-corrected chi connectivity index (χ1v) is 13.0. The number of nitrogens with one attached hydrogen (secondary N) is 2. The normalized spacial score (nSPS) is 18.8. The van der Waals surface area contributed by atoms with Gasteiger partial charge < -0.3 is 35.6 Å². The summed E-state index contributed by atoms with van der Waals surface area (Å²) in [5.41, 5.74) is 10.2. The molecule has 0 radical (unpaired) electrons. The average molecular weight is 531 g/mol. The van der Waals surface area contributed by atoms with Crippen LogP contribution in [0.4, 0.5) is 4.79 Å². The summed E-state index contributed by atoms with van der Waals surface area (Å²) in [6, 6.07) is 12.4. The molecule has 0 saturated carbocycles. The topological polar surface area (TPSA) is 131 Å². The second-order valence-electron chi connectivity index (χ2n) is 10.00. The highest BCUT2D eigenvalue weighted by Gasteiger charge is 2.32. The van der Waals surface area contributed by atoms with E-state index in [4.69, 9.17) is 10.5 Å². The second-order valence-corrected chi connectivity index (χ2v) is 10.00. The molecule has 0 spiro atoms. The summed E-state index contributed by atoms with van der Waals surface area (Å²) in [6.45, 7) is 3.56. The number of ether oxygens (including phenoxy) is 1. The van der Waals surface area contributed by atoms with Crippen LogP contribution in [-0.2, 0) is 40.6 Å². The number of carbonyl (C=O) groups excluding carboxylic acids is 4. The van der Waals surface area contributed by atoms with Crippen molar-refractivity contribution in [3.05, 3.63) is 94.2 Å². The molecule has 2 aromatic carbocycles. The lowest BCUT2D eigenvalue weighted by molar-refractivity contribution is -0.112. The van der Waals surface area contributed by atoms with Crippen molar-refractivity contribution in [3.63, 3.8) is 0 Å². The Balaban J connectivity index is 1.25. The minimum Gasteiger partial charge on any atom is -0.366 e. The van der Waals surface area contributed by atoms with E-state index in [0.29, 0.717) is 50.1 Å². The van der Waals surface area contributed by atoms with Crippen LogP contribution in [0.1, 0.15) is 58.8 Å². The summed E-state index contributed by atoms with van der Waals surface area (Å²) >= 11 is 0. The van der Waals surface area contributed by atoms with Crippen molar-refractivity contribution in [2.75, 3.05) is 0 Å². The highest BCUT2D eigenvalue weighted by Crippen LogP contribution is 2.27. The molecular formula is C30H34N4O5. The Bertz CT molecular complexity index is 1290. The maximum Gasteiger partial charge on any atom is 0.319 e. The third-order valence-corrected chi connectivity index (χ3v) is 7.02. The largest absolute Gasteiger partial charge is 0.366 e. The van der Waals surface area contributed by atoms with Crippen LogP contribution in [0.25, 0.3) is 0 Å². The van der Waals surface area contributed by atoms with Crippen molar-refractivity contribution in [2.24, 2.45) is 5.73 Å². The van der Waals surface area contributed by atoms with Gasteiger partial charge in [0.25, 0.3) is 5.91 Å². The molecule has 2 aromatic rings. The third kappa shape index (κ3) is 7.07. The summed E-state index contributed by atoms with van der Waals surface area (Å²) in [6.07, 6.45) is 8.31. The molecule has 3 amide bonds. The molecule has 0 saturated heterocycles.